The molecule has 0 unspecified atom stereocenters. The Morgan fingerprint density at radius 2 is 1.00 bits per heavy atom. The van der Waals surface area contributed by atoms with Gasteiger partial charge in [0.1, 0.15) is 9.52 Å². The Hall–Kier alpha value is -0.800. The first-order valence-electron chi connectivity index (χ1n) is 5.40. The summed E-state index contributed by atoms with van der Waals surface area (Å²) in [6.07, 6.45) is 0. The number of rotatable bonds is 2. The van der Waals surface area contributed by atoms with Crippen molar-refractivity contribution in [2.75, 3.05) is 0 Å². The molecule has 0 nitrogen and oxygen atoms in total. The van der Waals surface area contributed by atoms with Gasteiger partial charge in [0.25, 0.3) is 0 Å². The molecule has 16 heavy (non-hydrogen) atoms. The van der Waals surface area contributed by atoms with Crippen LogP contribution in [-0.2, 0) is 0 Å². The topological polar surface area (TPSA) is 0 Å². The number of hydrogen-bond acceptors (Lipinski definition) is 0. The SMILES string of the molecule is [CH3][Ge][CH3].c1ccc([SiH]c2ccccc2)cc1. The largest absolute Gasteiger partial charge is 0.103 e. The first kappa shape index (κ1) is 13.3. The average molecular weight is 286 g/mol. The second-order valence-corrected chi connectivity index (χ2v) is 7.19. The fraction of sp³-hybridized carbons (Fsp3) is 0.143. The van der Waals surface area contributed by atoms with E-state index in [0.29, 0.717) is 15.4 Å². The molecule has 0 atom stereocenters. The van der Waals surface area contributed by atoms with Crippen LogP contribution in [0.2, 0.25) is 11.5 Å². The maximum Gasteiger partial charge on any atom is 0.103 e. The summed E-state index contributed by atoms with van der Waals surface area (Å²) in [5, 5.41) is 2.90. The van der Waals surface area contributed by atoms with Gasteiger partial charge in [-0.25, -0.2) is 0 Å². The molecule has 0 saturated carbocycles. The van der Waals surface area contributed by atoms with E-state index >= 15 is 0 Å². The van der Waals surface area contributed by atoms with E-state index in [0.717, 1.165) is 0 Å². The minimum atomic E-state index is 0.271. The average Bonchev–Trinajstić information content (AvgIpc) is 2.33. The third kappa shape index (κ3) is 5.33. The summed E-state index contributed by atoms with van der Waals surface area (Å²) < 4.78 is 0. The van der Waals surface area contributed by atoms with Crippen LogP contribution in [0.3, 0.4) is 0 Å². The molecular formula is C14H17GeSi. The molecule has 0 spiro atoms. The zero-order chi connectivity index (χ0) is 11.6. The molecule has 2 rings (SSSR count). The molecule has 0 aliphatic carbocycles. The molecule has 0 N–H and O–H groups in total. The molecule has 81 valence electrons. The van der Waals surface area contributed by atoms with Gasteiger partial charge >= 0.3 is 26.9 Å². The summed E-state index contributed by atoms with van der Waals surface area (Å²) in [6.45, 7) is 0. The van der Waals surface area contributed by atoms with E-state index in [1.165, 1.54) is 10.4 Å². The maximum absolute atomic E-state index is 2.25. The van der Waals surface area contributed by atoms with E-state index in [4.69, 9.17) is 0 Å². The Morgan fingerprint density at radius 1 is 0.688 bits per heavy atom. The second kappa shape index (κ2) is 8.36. The van der Waals surface area contributed by atoms with E-state index in [1.807, 2.05) is 0 Å². The Balaban J connectivity index is 0.000000386. The first-order valence-corrected chi connectivity index (χ1v) is 10.7. The summed E-state index contributed by atoms with van der Waals surface area (Å²) in [5.41, 5.74) is 0. The van der Waals surface area contributed by atoms with Crippen molar-refractivity contribution in [2.45, 2.75) is 11.5 Å². The minimum Gasteiger partial charge on any atom is -0.0632 e. The van der Waals surface area contributed by atoms with E-state index in [-0.39, 0.29) is 9.52 Å². The van der Waals surface area contributed by atoms with Crippen LogP contribution in [0, 0.1) is 0 Å². The van der Waals surface area contributed by atoms with Gasteiger partial charge in [0.15, 0.2) is 0 Å². The smallest absolute Gasteiger partial charge is 0.0632 e. The van der Waals surface area contributed by atoms with Gasteiger partial charge in [-0.2, -0.15) is 0 Å². The van der Waals surface area contributed by atoms with Crippen LogP contribution < -0.4 is 10.4 Å². The van der Waals surface area contributed by atoms with Crippen molar-refractivity contribution in [3.8, 4) is 0 Å². The summed E-state index contributed by atoms with van der Waals surface area (Å²) in [5.74, 6) is 4.50. The standard InChI is InChI=1S/C12H11Si.C2H6Ge/c1-3-7-11(8-4-1)13-12-9-5-2-6-10-12;1-3-2/h1-10,13H;1-2H3. The van der Waals surface area contributed by atoms with Crippen LogP contribution in [0.15, 0.2) is 60.7 Å². The zero-order valence-corrected chi connectivity index (χ0v) is 13.1. The van der Waals surface area contributed by atoms with Gasteiger partial charge in [0.2, 0.25) is 0 Å². The van der Waals surface area contributed by atoms with Crippen molar-refractivity contribution in [3.05, 3.63) is 60.7 Å². The number of benzene rings is 2. The second-order valence-electron chi connectivity index (χ2n) is 3.47. The molecule has 2 aromatic rings. The van der Waals surface area contributed by atoms with E-state index in [2.05, 4.69) is 72.2 Å². The maximum atomic E-state index is 2.25. The van der Waals surface area contributed by atoms with Crippen molar-refractivity contribution >= 4 is 35.3 Å². The fourth-order valence-corrected chi connectivity index (χ4v) is 2.51. The summed E-state index contributed by atoms with van der Waals surface area (Å²) >= 11 is 0.500. The van der Waals surface area contributed by atoms with Gasteiger partial charge < -0.3 is 0 Å². The molecule has 0 bridgehead atoms. The molecule has 0 amide bonds. The fourth-order valence-electron chi connectivity index (χ4n) is 1.29. The van der Waals surface area contributed by atoms with E-state index in [1.54, 1.807) is 0 Å². The summed E-state index contributed by atoms with van der Waals surface area (Å²) in [7, 11) is 0.271. The molecule has 2 heteroatoms. The molecule has 0 aromatic heterocycles. The van der Waals surface area contributed by atoms with Gasteiger partial charge in [-0.3, -0.25) is 0 Å². The third-order valence-electron chi connectivity index (χ3n) is 1.93. The normalized spacial score (nSPS) is 9.12. The summed E-state index contributed by atoms with van der Waals surface area (Å²) in [4.78, 5) is 0. The van der Waals surface area contributed by atoms with Gasteiger partial charge in [-0.05, 0) is 0 Å². The molecule has 0 aliphatic heterocycles. The Morgan fingerprint density at radius 3 is 1.31 bits per heavy atom. The van der Waals surface area contributed by atoms with Gasteiger partial charge in [0.05, 0.1) is 0 Å². The quantitative estimate of drug-likeness (QED) is 0.739. The Bertz CT molecular complexity index is 335. The molecule has 0 fully saturated rings. The molecule has 0 aliphatic rings. The van der Waals surface area contributed by atoms with E-state index < -0.39 is 0 Å². The predicted molar refractivity (Wildman–Crippen MR) is 76.8 cm³/mol. The van der Waals surface area contributed by atoms with Crippen LogP contribution in [0.25, 0.3) is 0 Å². The van der Waals surface area contributed by atoms with Crippen molar-refractivity contribution in [3.63, 3.8) is 0 Å². The van der Waals surface area contributed by atoms with Crippen LogP contribution >= 0.6 is 0 Å². The predicted octanol–water partition coefficient (Wildman–Crippen LogP) is 1.86. The summed E-state index contributed by atoms with van der Waals surface area (Å²) in [6, 6.07) is 21.3. The minimum absolute atomic E-state index is 0.271. The molecule has 2 aromatic carbocycles. The zero-order valence-electron chi connectivity index (χ0n) is 9.85. The monoisotopic (exact) mass is 287 g/mol. The van der Waals surface area contributed by atoms with Crippen molar-refractivity contribution in [2.24, 2.45) is 0 Å². The first-order chi connectivity index (χ1) is 7.86. The van der Waals surface area contributed by atoms with Crippen LogP contribution in [0.1, 0.15) is 0 Å². The van der Waals surface area contributed by atoms with Crippen LogP contribution in [0.5, 0.6) is 0 Å². The van der Waals surface area contributed by atoms with Gasteiger partial charge in [-0.1, -0.05) is 71.0 Å². The third-order valence-corrected chi connectivity index (χ3v) is 3.37. The molecular weight excluding hydrogens is 269 g/mol. The Labute approximate surface area is 107 Å². The molecule has 3 radical (unpaired) electrons. The molecule has 0 heterocycles. The van der Waals surface area contributed by atoms with Gasteiger partial charge in [-0.15, -0.1) is 0 Å². The number of hydrogen-bond donors (Lipinski definition) is 0. The Kier molecular flexibility index (Phi) is 6.93. The van der Waals surface area contributed by atoms with Crippen LogP contribution in [-0.4, -0.2) is 25.0 Å². The molecule has 0 saturated heterocycles. The van der Waals surface area contributed by atoms with Crippen molar-refractivity contribution in [1.29, 1.82) is 0 Å². The van der Waals surface area contributed by atoms with Gasteiger partial charge in [0, 0.05) is 0 Å². The van der Waals surface area contributed by atoms with Crippen molar-refractivity contribution < 1.29 is 0 Å². The van der Waals surface area contributed by atoms with Crippen molar-refractivity contribution in [1.82, 2.24) is 0 Å². The van der Waals surface area contributed by atoms with Crippen LogP contribution in [0.4, 0.5) is 0 Å². The van der Waals surface area contributed by atoms with E-state index in [9.17, 15) is 0 Å².